The maximum Gasteiger partial charge on any atom is 0.263 e. The number of isocyanates is 1. The van der Waals surface area contributed by atoms with E-state index < -0.39 is 12.0 Å². The Hall–Kier alpha value is -1.54. The van der Waals surface area contributed by atoms with Crippen LogP contribution in [0.15, 0.2) is 23.2 Å². The van der Waals surface area contributed by atoms with Crippen LogP contribution < -0.4 is 0 Å². The summed E-state index contributed by atoms with van der Waals surface area (Å²) in [5.74, 6) is 0. The number of carbonyl (C=O) groups excluding carboxylic acids is 1. The Balaban J connectivity index is 2.49. The van der Waals surface area contributed by atoms with Crippen molar-refractivity contribution >= 4 is 6.08 Å². The highest BCUT2D eigenvalue weighted by atomic mass is 19.3. The lowest BCUT2D eigenvalue weighted by atomic mass is 9.71. The van der Waals surface area contributed by atoms with Crippen molar-refractivity contribution in [1.82, 2.24) is 0 Å². The molecule has 0 aromatic heterocycles. The minimum Gasteiger partial charge on any atom is -0.211 e. The Morgan fingerprint density at radius 2 is 2.12 bits per heavy atom. The topological polar surface area (TPSA) is 29.4 Å². The van der Waals surface area contributed by atoms with Gasteiger partial charge in [0, 0.05) is 5.56 Å². The lowest BCUT2D eigenvalue weighted by Gasteiger charge is -2.38. The molecule has 1 aliphatic carbocycles. The molecule has 4 heteroatoms. The summed E-state index contributed by atoms with van der Waals surface area (Å²) in [6.07, 6.45) is 1.50. The van der Waals surface area contributed by atoms with Gasteiger partial charge in [0.15, 0.2) is 0 Å². The van der Waals surface area contributed by atoms with Crippen molar-refractivity contribution in [3.63, 3.8) is 0 Å². The van der Waals surface area contributed by atoms with Gasteiger partial charge < -0.3 is 0 Å². The summed E-state index contributed by atoms with van der Waals surface area (Å²) in [4.78, 5) is 14.3. The van der Waals surface area contributed by atoms with Gasteiger partial charge in [-0.2, -0.15) is 4.99 Å². The number of nitrogens with zero attached hydrogens (tertiary/aromatic N) is 1. The Morgan fingerprint density at radius 1 is 1.41 bits per heavy atom. The van der Waals surface area contributed by atoms with Gasteiger partial charge in [-0.3, -0.25) is 0 Å². The third-order valence-electron chi connectivity index (χ3n) is 3.46. The Kier molecular flexibility index (Phi) is 3.07. The van der Waals surface area contributed by atoms with Gasteiger partial charge in [-0.05, 0) is 43.4 Å². The van der Waals surface area contributed by atoms with Crippen LogP contribution in [0.25, 0.3) is 0 Å². The third-order valence-corrected chi connectivity index (χ3v) is 3.46. The molecule has 2 rings (SSSR count). The molecule has 1 fully saturated rings. The fraction of sp³-hybridized carbons (Fsp3) is 0.462. The van der Waals surface area contributed by atoms with Gasteiger partial charge in [-0.25, -0.2) is 13.6 Å². The van der Waals surface area contributed by atoms with E-state index in [2.05, 4.69) is 4.99 Å². The first-order chi connectivity index (χ1) is 8.09. The first-order valence-corrected chi connectivity index (χ1v) is 5.57. The lowest BCUT2D eigenvalue weighted by molar-refractivity contribution is 0.150. The Morgan fingerprint density at radius 3 is 2.59 bits per heavy atom. The van der Waals surface area contributed by atoms with E-state index in [1.165, 1.54) is 12.1 Å². The van der Waals surface area contributed by atoms with E-state index in [-0.39, 0.29) is 5.56 Å². The summed E-state index contributed by atoms with van der Waals surface area (Å²) in [6.45, 7) is 1.85. The van der Waals surface area contributed by atoms with Gasteiger partial charge in [0.2, 0.25) is 6.08 Å². The second-order valence-electron chi connectivity index (χ2n) is 4.46. The van der Waals surface area contributed by atoms with Crippen LogP contribution in [-0.2, 0) is 10.3 Å². The summed E-state index contributed by atoms with van der Waals surface area (Å²) in [5.41, 5.74) is 1.02. The summed E-state index contributed by atoms with van der Waals surface area (Å²) in [6, 6.07) is 4.55. The second-order valence-corrected chi connectivity index (χ2v) is 4.46. The fourth-order valence-electron chi connectivity index (χ4n) is 2.32. The molecule has 0 aliphatic heterocycles. The first kappa shape index (κ1) is 11.9. The average Bonchev–Trinajstić information content (AvgIpc) is 2.24. The van der Waals surface area contributed by atoms with Crippen LogP contribution in [0.3, 0.4) is 0 Å². The van der Waals surface area contributed by atoms with E-state index in [0.717, 1.165) is 30.4 Å². The van der Waals surface area contributed by atoms with Crippen molar-refractivity contribution in [2.45, 2.75) is 38.2 Å². The highest BCUT2D eigenvalue weighted by molar-refractivity contribution is 5.43. The molecule has 0 atom stereocenters. The zero-order chi connectivity index (χ0) is 12.5. The number of benzene rings is 1. The van der Waals surface area contributed by atoms with Gasteiger partial charge >= 0.3 is 0 Å². The van der Waals surface area contributed by atoms with Crippen molar-refractivity contribution in [2.24, 2.45) is 4.99 Å². The molecule has 0 bridgehead atoms. The number of halogens is 2. The van der Waals surface area contributed by atoms with Crippen LogP contribution in [-0.4, -0.2) is 6.08 Å². The van der Waals surface area contributed by atoms with Gasteiger partial charge in [-0.1, -0.05) is 12.1 Å². The zero-order valence-electron chi connectivity index (χ0n) is 9.54. The highest BCUT2D eigenvalue weighted by Crippen LogP contribution is 2.46. The van der Waals surface area contributed by atoms with Crippen LogP contribution in [0.2, 0.25) is 0 Å². The number of hydrogen-bond donors (Lipinski definition) is 0. The monoisotopic (exact) mass is 237 g/mol. The molecule has 0 spiro atoms. The highest BCUT2D eigenvalue weighted by Gasteiger charge is 2.40. The fourth-order valence-corrected chi connectivity index (χ4v) is 2.32. The summed E-state index contributed by atoms with van der Waals surface area (Å²) in [5, 5.41) is 0. The maximum atomic E-state index is 12.7. The summed E-state index contributed by atoms with van der Waals surface area (Å²) >= 11 is 0. The molecule has 0 unspecified atom stereocenters. The van der Waals surface area contributed by atoms with E-state index in [1.54, 1.807) is 12.1 Å². The molecule has 2 nitrogen and oxygen atoms in total. The molecule has 1 aromatic rings. The van der Waals surface area contributed by atoms with E-state index in [1.807, 2.05) is 6.92 Å². The smallest absolute Gasteiger partial charge is 0.211 e. The summed E-state index contributed by atoms with van der Waals surface area (Å²) < 4.78 is 25.3. The standard InChI is InChI=1S/C13H13F2NO/c1-9-3-4-10(12(14)15)7-11(9)13(16-8-17)5-2-6-13/h3-4,7,12H,2,5-6H2,1H3. The third kappa shape index (κ3) is 2.01. The predicted molar refractivity (Wildman–Crippen MR) is 59.8 cm³/mol. The quantitative estimate of drug-likeness (QED) is 0.582. The van der Waals surface area contributed by atoms with Crippen LogP contribution in [0, 0.1) is 6.92 Å². The van der Waals surface area contributed by atoms with E-state index in [4.69, 9.17) is 0 Å². The maximum absolute atomic E-state index is 12.7. The number of hydrogen-bond acceptors (Lipinski definition) is 2. The molecule has 0 heterocycles. The van der Waals surface area contributed by atoms with Crippen LogP contribution in [0.5, 0.6) is 0 Å². The van der Waals surface area contributed by atoms with Crippen molar-refractivity contribution in [3.05, 3.63) is 34.9 Å². The van der Waals surface area contributed by atoms with Crippen LogP contribution in [0.1, 0.15) is 42.4 Å². The van der Waals surface area contributed by atoms with E-state index in [0.29, 0.717) is 0 Å². The Labute approximate surface area is 98.4 Å². The minimum absolute atomic E-state index is 0.0158. The lowest BCUT2D eigenvalue weighted by Crippen LogP contribution is -2.32. The van der Waals surface area contributed by atoms with E-state index >= 15 is 0 Å². The molecule has 0 N–H and O–H groups in total. The number of rotatable bonds is 3. The van der Waals surface area contributed by atoms with Crippen molar-refractivity contribution < 1.29 is 13.6 Å². The SMILES string of the molecule is Cc1ccc(C(F)F)cc1C1(N=C=O)CCC1. The molecule has 0 amide bonds. The molecular weight excluding hydrogens is 224 g/mol. The minimum atomic E-state index is -2.49. The first-order valence-electron chi connectivity index (χ1n) is 5.57. The van der Waals surface area contributed by atoms with E-state index in [9.17, 15) is 13.6 Å². The van der Waals surface area contributed by atoms with Crippen molar-refractivity contribution in [2.75, 3.05) is 0 Å². The van der Waals surface area contributed by atoms with Gasteiger partial charge in [-0.15, -0.1) is 0 Å². The molecule has 1 aromatic carbocycles. The number of aryl methyl sites for hydroxylation is 1. The molecular formula is C13H13F2NO. The van der Waals surface area contributed by atoms with Crippen molar-refractivity contribution in [1.29, 1.82) is 0 Å². The van der Waals surface area contributed by atoms with Crippen LogP contribution >= 0.6 is 0 Å². The predicted octanol–water partition coefficient (Wildman–Crippen LogP) is 3.65. The number of alkyl halides is 2. The van der Waals surface area contributed by atoms with Gasteiger partial charge in [0.1, 0.15) is 0 Å². The Bertz CT molecular complexity index is 474. The van der Waals surface area contributed by atoms with Crippen molar-refractivity contribution in [3.8, 4) is 0 Å². The van der Waals surface area contributed by atoms with Crippen LogP contribution in [0.4, 0.5) is 8.78 Å². The number of aliphatic imine (C=N–C) groups is 1. The molecule has 0 radical (unpaired) electrons. The molecule has 1 aliphatic rings. The van der Waals surface area contributed by atoms with Gasteiger partial charge in [0.05, 0.1) is 5.54 Å². The average molecular weight is 237 g/mol. The molecule has 17 heavy (non-hydrogen) atoms. The zero-order valence-corrected chi connectivity index (χ0v) is 9.54. The largest absolute Gasteiger partial charge is 0.263 e. The van der Waals surface area contributed by atoms with Gasteiger partial charge in [0.25, 0.3) is 6.43 Å². The molecule has 90 valence electrons. The molecule has 0 saturated heterocycles. The molecule has 1 saturated carbocycles. The normalized spacial score (nSPS) is 17.4. The second kappa shape index (κ2) is 4.38. The summed E-state index contributed by atoms with van der Waals surface area (Å²) in [7, 11) is 0.